The van der Waals surface area contributed by atoms with Crippen LogP contribution >= 0.6 is 0 Å². The van der Waals surface area contributed by atoms with Crippen molar-refractivity contribution >= 4 is 17.9 Å². The van der Waals surface area contributed by atoms with E-state index < -0.39 is 24.2 Å². The molecule has 1 aliphatic carbocycles. The summed E-state index contributed by atoms with van der Waals surface area (Å²) in [5.41, 5.74) is 3.29. The van der Waals surface area contributed by atoms with Crippen molar-refractivity contribution in [2.45, 2.75) is 70.1 Å². The molecule has 4 rings (SSSR count). The first-order valence-corrected chi connectivity index (χ1v) is 12.6. The van der Waals surface area contributed by atoms with Gasteiger partial charge in [0.1, 0.15) is 18.0 Å². The number of pyridine rings is 1. The van der Waals surface area contributed by atoms with Gasteiger partial charge in [-0.2, -0.15) is 0 Å². The van der Waals surface area contributed by atoms with E-state index in [4.69, 9.17) is 14.5 Å². The molecule has 35 heavy (non-hydrogen) atoms. The summed E-state index contributed by atoms with van der Waals surface area (Å²) in [5.74, 6) is 0.550. The number of fused-ring (bicyclic) bond motifs is 1. The Hall–Kier alpha value is -3.13. The molecule has 1 unspecified atom stereocenters. The van der Waals surface area contributed by atoms with E-state index in [2.05, 4.69) is 22.8 Å². The summed E-state index contributed by atoms with van der Waals surface area (Å²) in [6.45, 7) is 3.03. The predicted molar refractivity (Wildman–Crippen MR) is 132 cm³/mol. The number of carbonyl (C=O) groups excluding carboxylic acids is 1. The van der Waals surface area contributed by atoms with Gasteiger partial charge in [0.2, 0.25) is 0 Å². The zero-order chi connectivity index (χ0) is 24.6. The van der Waals surface area contributed by atoms with Crippen LogP contribution in [0.1, 0.15) is 62.0 Å². The summed E-state index contributed by atoms with van der Waals surface area (Å²) in [5, 5.41) is 15.3. The topological polar surface area (TPSA) is 110 Å². The first-order chi connectivity index (χ1) is 17.0. The molecule has 8 nitrogen and oxygen atoms in total. The SMILES string of the molecule is C[C@@H](OC(=O)NC(CCOC1CC(CCc2ccc3c(n2)NCCC3)C1)C(=O)O)c1ccccc1. The Balaban J connectivity index is 1.12. The number of aryl methyl sites for hydroxylation is 2. The molecule has 0 radical (unpaired) electrons. The minimum Gasteiger partial charge on any atom is -0.480 e. The molecule has 1 aliphatic heterocycles. The highest BCUT2D eigenvalue weighted by Gasteiger charge is 2.30. The molecule has 8 heteroatoms. The van der Waals surface area contributed by atoms with Gasteiger partial charge in [-0.1, -0.05) is 36.4 Å². The van der Waals surface area contributed by atoms with Crippen LogP contribution in [0, 0.1) is 5.92 Å². The zero-order valence-corrected chi connectivity index (χ0v) is 20.2. The highest BCUT2D eigenvalue weighted by molar-refractivity contribution is 5.79. The first-order valence-electron chi connectivity index (χ1n) is 12.6. The van der Waals surface area contributed by atoms with Crippen LogP contribution < -0.4 is 10.6 Å². The Labute approximate surface area is 206 Å². The van der Waals surface area contributed by atoms with E-state index >= 15 is 0 Å². The number of hydrogen-bond acceptors (Lipinski definition) is 6. The molecule has 2 heterocycles. The van der Waals surface area contributed by atoms with Gasteiger partial charge in [-0.25, -0.2) is 14.6 Å². The van der Waals surface area contributed by atoms with Gasteiger partial charge in [-0.15, -0.1) is 0 Å². The fourth-order valence-corrected chi connectivity index (χ4v) is 4.65. The molecule has 1 saturated carbocycles. The number of carbonyl (C=O) groups is 2. The summed E-state index contributed by atoms with van der Waals surface area (Å²) >= 11 is 0. The second kappa shape index (κ2) is 12.0. The van der Waals surface area contributed by atoms with E-state index in [-0.39, 0.29) is 19.1 Å². The molecule has 0 spiro atoms. The summed E-state index contributed by atoms with van der Waals surface area (Å²) in [6.07, 6.45) is 5.38. The van der Waals surface area contributed by atoms with Crippen molar-refractivity contribution in [2.24, 2.45) is 5.92 Å². The van der Waals surface area contributed by atoms with Crippen LogP contribution in [0.5, 0.6) is 0 Å². The zero-order valence-electron chi connectivity index (χ0n) is 20.2. The Morgan fingerprint density at radius 2 is 2.00 bits per heavy atom. The summed E-state index contributed by atoms with van der Waals surface area (Å²) < 4.78 is 11.2. The van der Waals surface area contributed by atoms with Gasteiger partial charge in [0, 0.05) is 25.3 Å². The van der Waals surface area contributed by atoms with Crippen molar-refractivity contribution in [3.8, 4) is 0 Å². The van der Waals surface area contributed by atoms with Crippen LogP contribution in [-0.2, 0) is 27.1 Å². The highest BCUT2D eigenvalue weighted by Crippen LogP contribution is 2.34. The first kappa shape index (κ1) is 25.0. The molecule has 2 atom stereocenters. The number of carboxylic acid groups (broad SMARTS) is 1. The van der Waals surface area contributed by atoms with Crippen LogP contribution in [0.3, 0.4) is 0 Å². The smallest absolute Gasteiger partial charge is 0.408 e. The Kier molecular flexibility index (Phi) is 8.58. The van der Waals surface area contributed by atoms with Gasteiger partial charge in [0.25, 0.3) is 0 Å². The second-order valence-electron chi connectivity index (χ2n) is 9.49. The second-order valence-corrected chi connectivity index (χ2v) is 9.49. The third-order valence-corrected chi connectivity index (χ3v) is 6.86. The molecular weight excluding hydrogens is 446 g/mol. The minimum atomic E-state index is -1.10. The maximum atomic E-state index is 12.2. The van der Waals surface area contributed by atoms with Crippen molar-refractivity contribution in [1.82, 2.24) is 10.3 Å². The number of hydrogen-bond donors (Lipinski definition) is 3. The number of amides is 1. The predicted octanol–water partition coefficient (Wildman–Crippen LogP) is 4.50. The van der Waals surface area contributed by atoms with E-state index in [0.29, 0.717) is 5.92 Å². The lowest BCUT2D eigenvalue weighted by Gasteiger charge is -2.35. The van der Waals surface area contributed by atoms with Gasteiger partial charge in [0.05, 0.1) is 6.10 Å². The van der Waals surface area contributed by atoms with Crippen LogP contribution in [0.2, 0.25) is 0 Å². The Bertz CT molecular complexity index is 994. The van der Waals surface area contributed by atoms with Crippen LogP contribution in [0.25, 0.3) is 0 Å². The fraction of sp³-hybridized carbons (Fsp3) is 0.519. The number of carboxylic acids is 1. The Morgan fingerprint density at radius 1 is 1.20 bits per heavy atom. The number of aromatic nitrogens is 1. The van der Waals surface area contributed by atoms with Gasteiger partial charge in [-0.3, -0.25) is 0 Å². The molecule has 3 N–H and O–H groups in total. The average Bonchev–Trinajstić information content (AvgIpc) is 2.84. The lowest BCUT2D eigenvalue weighted by molar-refractivity contribution is -0.140. The summed E-state index contributed by atoms with van der Waals surface area (Å²) in [7, 11) is 0. The number of rotatable bonds is 11. The lowest BCUT2D eigenvalue weighted by Crippen LogP contribution is -2.42. The minimum absolute atomic E-state index is 0.151. The fourth-order valence-electron chi connectivity index (χ4n) is 4.65. The van der Waals surface area contributed by atoms with Gasteiger partial charge < -0.3 is 25.2 Å². The maximum Gasteiger partial charge on any atom is 0.408 e. The van der Waals surface area contributed by atoms with E-state index in [1.54, 1.807) is 6.92 Å². The quantitative estimate of drug-likeness (QED) is 0.433. The summed E-state index contributed by atoms with van der Waals surface area (Å²) in [4.78, 5) is 28.5. The van der Waals surface area contributed by atoms with E-state index in [1.807, 2.05) is 30.3 Å². The van der Waals surface area contributed by atoms with Crippen LogP contribution in [-0.4, -0.2) is 47.5 Å². The van der Waals surface area contributed by atoms with Crippen molar-refractivity contribution in [1.29, 1.82) is 0 Å². The number of nitrogens with one attached hydrogen (secondary N) is 2. The van der Waals surface area contributed by atoms with Crippen molar-refractivity contribution in [3.63, 3.8) is 0 Å². The molecule has 1 aromatic heterocycles. The third kappa shape index (κ3) is 7.18. The van der Waals surface area contributed by atoms with Crippen molar-refractivity contribution in [2.75, 3.05) is 18.5 Å². The van der Waals surface area contributed by atoms with Crippen molar-refractivity contribution in [3.05, 3.63) is 59.3 Å². The molecule has 2 aromatic rings. The molecule has 2 aliphatic rings. The number of benzene rings is 1. The Morgan fingerprint density at radius 3 is 2.77 bits per heavy atom. The molecule has 1 amide bonds. The maximum absolute atomic E-state index is 12.2. The van der Waals surface area contributed by atoms with Gasteiger partial charge >= 0.3 is 12.1 Å². The number of aliphatic carboxylic acids is 1. The number of alkyl carbamates (subject to hydrolysis) is 1. The van der Waals surface area contributed by atoms with Crippen molar-refractivity contribution < 1.29 is 24.2 Å². The average molecular weight is 482 g/mol. The normalized spacial score (nSPS) is 20.5. The van der Waals surface area contributed by atoms with Gasteiger partial charge in [0.15, 0.2) is 0 Å². The molecular formula is C27H35N3O5. The van der Waals surface area contributed by atoms with E-state index in [9.17, 15) is 14.7 Å². The molecule has 1 aromatic carbocycles. The number of nitrogens with zero attached hydrogens (tertiary/aromatic N) is 1. The molecule has 188 valence electrons. The number of anilines is 1. The molecule has 1 fully saturated rings. The van der Waals surface area contributed by atoms with Gasteiger partial charge in [-0.05, 0) is 68.6 Å². The lowest BCUT2D eigenvalue weighted by atomic mass is 9.79. The standard InChI is InChI=1S/C27H35N3O5/c1-18(20-6-3-2-4-7-20)35-27(33)30-24(26(31)32)13-15-34-23-16-19(17-23)9-11-22-12-10-21-8-5-14-28-25(21)29-22/h2-4,6-7,10,12,18-19,23-24H,5,8-9,11,13-17H2,1H3,(H,28,29)(H,30,33)(H,31,32)/t18-,19?,23?,24?/m1/s1. The monoisotopic (exact) mass is 481 g/mol. The summed E-state index contributed by atoms with van der Waals surface area (Å²) in [6, 6.07) is 12.6. The molecule has 0 saturated heterocycles. The highest BCUT2D eigenvalue weighted by atomic mass is 16.6. The third-order valence-electron chi connectivity index (χ3n) is 6.86. The van der Waals surface area contributed by atoms with E-state index in [1.165, 1.54) is 5.56 Å². The molecule has 0 bridgehead atoms. The number of ether oxygens (including phenoxy) is 2. The van der Waals surface area contributed by atoms with Crippen LogP contribution in [0.15, 0.2) is 42.5 Å². The van der Waals surface area contributed by atoms with E-state index in [0.717, 1.165) is 62.1 Å². The van der Waals surface area contributed by atoms with Crippen LogP contribution in [0.4, 0.5) is 10.6 Å². The largest absolute Gasteiger partial charge is 0.480 e.